The lowest BCUT2D eigenvalue weighted by atomic mass is 9.72. The van der Waals surface area contributed by atoms with Gasteiger partial charge >= 0.3 is 0 Å². The van der Waals surface area contributed by atoms with Crippen molar-refractivity contribution in [3.63, 3.8) is 0 Å². The number of amides is 1. The Morgan fingerprint density at radius 3 is 2.65 bits per heavy atom. The molecule has 1 saturated carbocycles. The topological polar surface area (TPSA) is 32.3 Å². The van der Waals surface area contributed by atoms with Crippen molar-refractivity contribution >= 4 is 5.91 Å². The van der Waals surface area contributed by atoms with E-state index in [2.05, 4.69) is 24.1 Å². The highest BCUT2D eigenvalue weighted by molar-refractivity contribution is 5.83. The highest BCUT2D eigenvalue weighted by Crippen LogP contribution is 2.39. The highest BCUT2D eigenvalue weighted by Gasteiger charge is 2.41. The number of rotatable bonds is 2. The van der Waals surface area contributed by atoms with E-state index in [-0.39, 0.29) is 6.04 Å². The second-order valence-electron chi connectivity index (χ2n) is 6.27. The number of carbonyl (C=O) groups is 1. The summed E-state index contributed by atoms with van der Waals surface area (Å²) in [6.45, 7) is 5.62. The third-order valence-corrected chi connectivity index (χ3v) is 4.65. The summed E-state index contributed by atoms with van der Waals surface area (Å²) in [6.07, 6.45) is 7.19. The van der Waals surface area contributed by atoms with Gasteiger partial charge in [0, 0.05) is 12.6 Å². The summed E-state index contributed by atoms with van der Waals surface area (Å²) in [5.74, 6) is 0.332. The average Bonchev–Trinajstić information content (AvgIpc) is 2.30. The number of hydrogen-bond acceptors (Lipinski definition) is 2. The zero-order valence-electron chi connectivity index (χ0n) is 11.5. The van der Waals surface area contributed by atoms with Crippen LogP contribution in [0.3, 0.4) is 0 Å². The molecule has 0 spiro atoms. The van der Waals surface area contributed by atoms with Crippen molar-refractivity contribution in [3.05, 3.63) is 0 Å². The summed E-state index contributed by atoms with van der Waals surface area (Å²) in [6, 6.07) is 0.515. The molecule has 1 N–H and O–H groups in total. The van der Waals surface area contributed by atoms with Gasteiger partial charge in [0.15, 0.2) is 0 Å². The number of hydrogen-bond donors (Lipinski definition) is 1. The minimum Gasteiger partial charge on any atom is -0.338 e. The molecule has 0 aromatic rings. The van der Waals surface area contributed by atoms with Crippen LogP contribution in [0.4, 0.5) is 0 Å². The van der Waals surface area contributed by atoms with E-state index in [1.807, 2.05) is 7.05 Å². The molecule has 0 bridgehead atoms. The maximum absolute atomic E-state index is 12.4. The Bertz CT molecular complexity index is 288. The molecule has 1 aliphatic carbocycles. The summed E-state index contributed by atoms with van der Waals surface area (Å²) < 4.78 is 0. The Morgan fingerprint density at radius 1 is 1.24 bits per heavy atom. The van der Waals surface area contributed by atoms with Crippen molar-refractivity contribution in [1.82, 2.24) is 10.2 Å². The van der Waals surface area contributed by atoms with E-state index in [0.717, 1.165) is 19.4 Å². The molecule has 2 atom stereocenters. The van der Waals surface area contributed by atoms with Gasteiger partial charge in [-0.05, 0) is 38.1 Å². The van der Waals surface area contributed by atoms with Gasteiger partial charge in [0.2, 0.25) is 5.91 Å². The number of piperidine rings is 1. The predicted octanol–water partition coefficient (Wildman–Crippen LogP) is 2.17. The van der Waals surface area contributed by atoms with Crippen LogP contribution >= 0.6 is 0 Å². The summed E-state index contributed by atoms with van der Waals surface area (Å²) >= 11 is 0. The van der Waals surface area contributed by atoms with Crippen molar-refractivity contribution in [2.75, 3.05) is 13.6 Å². The van der Waals surface area contributed by atoms with Gasteiger partial charge in [0.25, 0.3) is 0 Å². The third kappa shape index (κ3) is 2.49. The Labute approximate surface area is 105 Å². The van der Waals surface area contributed by atoms with Crippen molar-refractivity contribution in [2.24, 2.45) is 5.41 Å². The number of nitrogens with zero attached hydrogens (tertiary/aromatic N) is 1. The Kier molecular flexibility index (Phi) is 3.76. The van der Waals surface area contributed by atoms with Gasteiger partial charge in [0.05, 0.1) is 6.04 Å². The molecule has 1 saturated heterocycles. The van der Waals surface area contributed by atoms with Crippen LogP contribution < -0.4 is 5.32 Å². The van der Waals surface area contributed by atoms with Crippen LogP contribution in [0.5, 0.6) is 0 Å². The highest BCUT2D eigenvalue weighted by atomic mass is 16.2. The van der Waals surface area contributed by atoms with Crippen LogP contribution in [0.1, 0.15) is 52.4 Å². The molecule has 2 unspecified atom stereocenters. The number of nitrogens with one attached hydrogen (secondary N) is 1. The Hall–Kier alpha value is -0.570. The van der Waals surface area contributed by atoms with Crippen LogP contribution in [0.2, 0.25) is 0 Å². The first-order valence-corrected chi connectivity index (χ1v) is 7.04. The lowest BCUT2D eigenvalue weighted by molar-refractivity contribution is -0.142. The van der Waals surface area contributed by atoms with Crippen molar-refractivity contribution in [1.29, 1.82) is 0 Å². The predicted molar refractivity (Wildman–Crippen MR) is 69.8 cm³/mol. The molecule has 0 aromatic heterocycles. The van der Waals surface area contributed by atoms with Crippen LogP contribution in [0.25, 0.3) is 0 Å². The minimum atomic E-state index is 0.0569. The molecule has 1 amide bonds. The van der Waals surface area contributed by atoms with E-state index in [4.69, 9.17) is 0 Å². The van der Waals surface area contributed by atoms with E-state index < -0.39 is 0 Å². The molecule has 0 aromatic carbocycles. The molecular weight excluding hydrogens is 212 g/mol. The first-order valence-electron chi connectivity index (χ1n) is 7.04. The van der Waals surface area contributed by atoms with Gasteiger partial charge in [0.1, 0.15) is 0 Å². The van der Waals surface area contributed by atoms with Crippen LogP contribution in [-0.4, -0.2) is 36.5 Å². The van der Waals surface area contributed by atoms with E-state index in [1.165, 1.54) is 25.7 Å². The lowest BCUT2D eigenvalue weighted by Crippen LogP contribution is -2.57. The van der Waals surface area contributed by atoms with Gasteiger partial charge in [-0.15, -0.1) is 0 Å². The van der Waals surface area contributed by atoms with E-state index in [0.29, 0.717) is 17.4 Å². The largest absolute Gasteiger partial charge is 0.338 e. The van der Waals surface area contributed by atoms with Crippen molar-refractivity contribution < 1.29 is 4.79 Å². The summed E-state index contributed by atoms with van der Waals surface area (Å²) in [5, 5.41) is 3.16. The molecule has 2 fully saturated rings. The van der Waals surface area contributed by atoms with E-state index in [1.54, 1.807) is 0 Å². The lowest BCUT2D eigenvalue weighted by Gasteiger charge is -2.48. The number of likely N-dealkylation sites (tertiary alicyclic amines) is 1. The molecule has 1 heterocycles. The van der Waals surface area contributed by atoms with Crippen LogP contribution in [0.15, 0.2) is 0 Å². The first-order chi connectivity index (χ1) is 8.06. The fourth-order valence-electron chi connectivity index (χ4n) is 3.53. The quantitative estimate of drug-likeness (QED) is 0.799. The Balaban J connectivity index is 2.12. The molecule has 2 aliphatic rings. The monoisotopic (exact) mass is 238 g/mol. The standard InChI is InChI=1S/C14H26N2O/c1-14(2)9-5-4-8-12(14)16-10-6-7-11(15-3)13(16)17/h11-12,15H,4-10H2,1-3H3. The van der Waals surface area contributed by atoms with Gasteiger partial charge < -0.3 is 10.2 Å². The molecular formula is C14H26N2O. The second-order valence-corrected chi connectivity index (χ2v) is 6.27. The first kappa shape index (κ1) is 12.9. The molecule has 1 aliphatic heterocycles. The summed E-state index contributed by atoms with van der Waals surface area (Å²) in [4.78, 5) is 14.6. The van der Waals surface area contributed by atoms with Gasteiger partial charge in [-0.25, -0.2) is 0 Å². The average molecular weight is 238 g/mol. The fourth-order valence-corrected chi connectivity index (χ4v) is 3.53. The minimum absolute atomic E-state index is 0.0569. The van der Waals surface area contributed by atoms with Crippen molar-refractivity contribution in [3.8, 4) is 0 Å². The van der Waals surface area contributed by atoms with E-state index >= 15 is 0 Å². The van der Waals surface area contributed by atoms with Crippen LogP contribution in [0, 0.1) is 5.41 Å². The van der Waals surface area contributed by atoms with Gasteiger partial charge in [-0.3, -0.25) is 4.79 Å². The van der Waals surface area contributed by atoms with E-state index in [9.17, 15) is 4.79 Å². The summed E-state index contributed by atoms with van der Waals surface area (Å²) in [7, 11) is 1.90. The fraction of sp³-hybridized carbons (Fsp3) is 0.929. The molecule has 3 nitrogen and oxygen atoms in total. The summed E-state index contributed by atoms with van der Waals surface area (Å²) in [5.41, 5.74) is 0.295. The molecule has 2 rings (SSSR count). The van der Waals surface area contributed by atoms with Gasteiger partial charge in [-0.1, -0.05) is 26.7 Å². The third-order valence-electron chi connectivity index (χ3n) is 4.65. The zero-order valence-corrected chi connectivity index (χ0v) is 11.5. The molecule has 3 heteroatoms. The normalized spacial score (nSPS) is 33.8. The zero-order chi connectivity index (χ0) is 12.5. The Morgan fingerprint density at radius 2 is 2.00 bits per heavy atom. The smallest absolute Gasteiger partial charge is 0.239 e. The molecule has 98 valence electrons. The maximum Gasteiger partial charge on any atom is 0.239 e. The van der Waals surface area contributed by atoms with Crippen LogP contribution in [-0.2, 0) is 4.79 Å². The number of carbonyl (C=O) groups excluding carboxylic acids is 1. The molecule has 0 radical (unpaired) electrons. The van der Waals surface area contributed by atoms with Gasteiger partial charge in [-0.2, -0.15) is 0 Å². The molecule has 17 heavy (non-hydrogen) atoms. The second kappa shape index (κ2) is 4.97. The van der Waals surface area contributed by atoms with Crippen molar-refractivity contribution in [2.45, 2.75) is 64.5 Å². The SMILES string of the molecule is CNC1CCCN(C2CCCCC2(C)C)C1=O. The maximum atomic E-state index is 12.4. The number of likely N-dealkylation sites (N-methyl/N-ethyl adjacent to an activating group) is 1.